The molecule has 0 saturated carbocycles. The van der Waals surface area contributed by atoms with Gasteiger partial charge < -0.3 is 14.9 Å². The van der Waals surface area contributed by atoms with E-state index in [1.54, 1.807) is 0 Å². The summed E-state index contributed by atoms with van der Waals surface area (Å²) >= 11 is 2.78. The van der Waals surface area contributed by atoms with Gasteiger partial charge in [0.2, 0.25) is 0 Å². The fraction of sp³-hybridized carbons (Fsp3) is 0.222. The predicted molar refractivity (Wildman–Crippen MR) is 52.7 cm³/mol. The lowest BCUT2D eigenvalue weighted by atomic mass is 10.1. The van der Waals surface area contributed by atoms with Gasteiger partial charge >= 0.3 is 5.97 Å². The molecule has 1 unspecified atom stereocenters. The Balaban J connectivity index is 3.16. The van der Waals surface area contributed by atoms with Crippen LogP contribution in [0, 0.1) is 5.82 Å². The van der Waals surface area contributed by atoms with Gasteiger partial charge in [-0.25, -0.2) is 9.18 Å². The number of methoxy groups -OCH3 is 1. The van der Waals surface area contributed by atoms with Gasteiger partial charge in [0.05, 0.1) is 11.6 Å². The molecule has 0 heterocycles. The highest BCUT2D eigenvalue weighted by Crippen LogP contribution is 2.31. The number of hydrogen-bond acceptors (Lipinski definition) is 4. The number of halogens is 2. The third kappa shape index (κ3) is 2.27. The van der Waals surface area contributed by atoms with E-state index in [9.17, 15) is 14.3 Å². The van der Waals surface area contributed by atoms with Crippen molar-refractivity contribution in [1.29, 1.82) is 0 Å². The molecule has 0 radical (unpaired) electrons. The molecule has 1 rings (SSSR count). The monoisotopic (exact) mass is 278 g/mol. The van der Waals surface area contributed by atoms with E-state index in [1.807, 2.05) is 0 Å². The number of aromatic hydroxyl groups is 1. The second kappa shape index (κ2) is 4.59. The molecule has 0 amide bonds. The van der Waals surface area contributed by atoms with E-state index < -0.39 is 17.9 Å². The molecule has 0 spiro atoms. The van der Waals surface area contributed by atoms with Crippen LogP contribution >= 0.6 is 15.9 Å². The first-order valence-electron chi connectivity index (χ1n) is 3.91. The van der Waals surface area contributed by atoms with Crippen molar-refractivity contribution in [2.24, 2.45) is 0 Å². The molecule has 1 aromatic carbocycles. The largest absolute Gasteiger partial charge is 0.507 e. The van der Waals surface area contributed by atoms with Crippen LogP contribution in [-0.4, -0.2) is 23.3 Å². The maximum atomic E-state index is 13.4. The van der Waals surface area contributed by atoms with Crippen LogP contribution in [0.5, 0.6) is 5.75 Å². The summed E-state index contributed by atoms with van der Waals surface area (Å²) in [6.07, 6.45) is -1.70. The smallest absolute Gasteiger partial charge is 0.339 e. The van der Waals surface area contributed by atoms with Crippen molar-refractivity contribution >= 4 is 21.9 Å². The highest BCUT2D eigenvalue weighted by Gasteiger charge is 2.23. The average molecular weight is 279 g/mol. The average Bonchev–Trinajstić information content (AvgIpc) is 2.24. The fourth-order valence-electron chi connectivity index (χ4n) is 1.00. The first-order valence-corrected chi connectivity index (χ1v) is 4.71. The Labute approximate surface area is 93.4 Å². The molecule has 15 heavy (non-hydrogen) atoms. The summed E-state index contributed by atoms with van der Waals surface area (Å²) in [6, 6.07) is 2.27. The molecule has 0 fully saturated rings. The van der Waals surface area contributed by atoms with Crippen molar-refractivity contribution < 1.29 is 24.1 Å². The topological polar surface area (TPSA) is 66.8 Å². The SMILES string of the molecule is COC(=O)C(O)c1ccc(O)c(Br)c1F. The second-order valence-electron chi connectivity index (χ2n) is 2.73. The van der Waals surface area contributed by atoms with Crippen molar-refractivity contribution in [1.82, 2.24) is 0 Å². The maximum Gasteiger partial charge on any atom is 0.339 e. The number of phenolic OH excluding ortho intramolecular Hbond substituents is 1. The van der Waals surface area contributed by atoms with Crippen molar-refractivity contribution in [3.05, 3.63) is 28.0 Å². The quantitative estimate of drug-likeness (QED) is 0.805. The lowest BCUT2D eigenvalue weighted by Gasteiger charge is -2.10. The number of aliphatic hydroxyl groups is 1. The standard InChI is InChI=1S/C9H8BrFO4/c1-15-9(14)8(13)4-2-3-5(12)6(10)7(4)11/h2-3,8,12-13H,1H3. The van der Waals surface area contributed by atoms with Gasteiger partial charge in [-0.2, -0.15) is 0 Å². The second-order valence-corrected chi connectivity index (χ2v) is 3.52. The molecule has 0 saturated heterocycles. The van der Waals surface area contributed by atoms with Gasteiger partial charge in [-0.3, -0.25) is 0 Å². The van der Waals surface area contributed by atoms with Crippen molar-refractivity contribution in [3.63, 3.8) is 0 Å². The van der Waals surface area contributed by atoms with Crippen LogP contribution < -0.4 is 0 Å². The van der Waals surface area contributed by atoms with Crippen LogP contribution in [-0.2, 0) is 9.53 Å². The Kier molecular flexibility index (Phi) is 3.65. The molecule has 0 aliphatic rings. The lowest BCUT2D eigenvalue weighted by Crippen LogP contribution is -2.15. The Morgan fingerprint density at radius 1 is 1.60 bits per heavy atom. The molecule has 1 atom stereocenters. The Hall–Kier alpha value is -1.14. The van der Waals surface area contributed by atoms with Gasteiger partial charge in [0.15, 0.2) is 6.10 Å². The van der Waals surface area contributed by atoms with E-state index in [0.29, 0.717) is 0 Å². The maximum absolute atomic E-state index is 13.4. The van der Waals surface area contributed by atoms with Crippen LogP contribution in [0.15, 0.2) is 16.6 Å². The van der Waals surface area contributed by atoms with E-state index in [2.05, 4.69) is 20.7 Å². The summed E-state index contributed by atoms with van der Waals surface area (Å²) < 4.78 is 17.5. The molecule has 0 aliphatic heterocycles. The van der Waals surface area contributed by atoms with Crippen molar-refractivity contribution in [3.8, 4) is 5.75 Å². The number of esters is 1. The predicted octanol–water partition coefficient (Wildman–Crippen LogP) is 1.50. The van der Waals surface area contributed by atoms with Gasteiger partial charge in [0.1, 0.15) is 11.6 Å². The minimum atomic E-state index is -1.70. The van der Waals surface area contributed by atoms with Crippen LogP contribution in [0.25, 0.3) is 0 Å². The molecular weight excluding hydrogens is 271 g/mol. The van der Waals surface area contributed by atoms with Crippen molar-refractivity contribution in [2.75, 3.05) is 7.11 Å². The summed E-state index contributed by atoms with van der Waals surface area (Å²) in [5.41, 5.74) is -0.258. The zero-order valence-corrected chi connectivity index (χ0v) is 9.28. The van der Waals surface area contributed by atoms with Crippen molar-refractivity contribution in [2.45, 2.75) is 6.10 Å². The molecular formula is C9H8BrFO4. The Morgan fingerprint density at radius 2 is 2.20 bits per heavy atom. The third-order valence-electron chi connectivity index (χ3n) is 1.81. The van der Waals surface area contributed by atoms with Gasteiger partial charge in [-0.15, -0.1) is 0 Å². The Morgan fingerprint density at radius 3 is 2.73 bits per heavy atom. The van der Waals surface area contributed by atoms with E-state index in [0.717, 1.165) is 19.2 Å². The van der Waals surface area contributed by atoms with Gasteiger partial charge in [0, 0.05) is 5.56 Å². The molecule has 82 valence electrons. The molecule has 0 aromatic heterocycles. The van der Waals surface area contributed by atoms with Crippen LogP contribution in [0.1, 0.15) is 11.7 Å². The summed E-state index contributed by atoms with van der Waals surface area (Å²) in [4.78, 5) is 10.9. The normalized spacial score (nSPS) is 12.3. The van der Waals surface area contributed by atoms with E-state index in [-0.39, 0.29) is 15.8 Å². The molecule has 4 nitrogen and oxygen atoms in total. The Bertz CT molecular complexity index is 394. The minimum absolute atomic E-state index is 0.206. The number of benzene rings is 1. The lowest BCUT2D eigenvalue weighted by molar-refractivity contribution is -0.150. The zero-order chi connectivity index (χ0) is 11.6. The van der Waals surface area contributed by atoms with Crippen LogP contribution in [0.4, 0.5) is 4.39 Å². The first-order chi connectivity index (χ1) is 6.99. The molecule has 6 heteroatoms. The molecule has 1 aromatic rings. The third-order valence-corrected chi connectivity index (χ3v) is 2.57. The summed E-state index contributed by atoms with van der Waals surface area (Å²) in [6.45, 7) is 0. The molecule has 0 bridgehead atoms. The highest BCUT2D eigenvalue weighted by molar-refractivity contribution is 9.10. The number of aliphatic hydroxyl groups excluding tert-OH is 1. The van der Waals surface area contributed by atoms with Gasteiger partial charge in [-0.1, -0.05) is 0 Å². The summed E-state index contributed by atoms with van der Waals surface area (Å²) in [5, 5.41) is 18.5. The van der Waals surface area contributed by atoms with E-state index in [4.69, 9.17) is 5.11 Å². The number of phenols is 1. The zero-order valence-electron chi connectivity index (χ0n) is 7.70. The van der Waals surface area contributed by atoms with E-state index in [1.165, 1.54) is 0 Å². The number of carbonyl (C=O) groups is 1. The number of carbonyl (C=O) groups excluding carboxylic acids is 1. The van der Waals surface area contributed by atoms with E-state index >= 15 is 0 Å². The molecule has 0 aliphatic carbocycles. The minimum Gasteiger partial charge on any atom is -0.507 e. The first kappa shape index (κ1) is 11.9. The van der Waals surface area contributed by atoms with Crippen LogP contribution in [0.3, 0.4) is 0 Å². The number of rotatable bonds is 2. The van der Waals surface area contributed by atoms with Gasteiger partial charge in [-0.05, 0) is 28.1 Å². The van der Waals surface area contributed by atoms with Crippen LogP contribution in [0.2, 0.25) is 0 Å². The number of hydrogen-bond donors (Lipinski definition) is 2. The molecule has 2 N–H and O–H groups in total. The summed E-state index contributed by atoms with van der Waals surface area (Å²) in [5.74, 6) is -2.17. The summed E-state index contributed by atoms with van der Waals surface area (Å²) in [7, 11) is 1.08. The van der Waals surface area contributed by atoms with Gasteiger partial charge in [0.25, 0.3) is 0 Å². The number of ether oxygens (including phenoxy) is 1. The highest BCUT2D eigenvalue weighted by atomic mass is 79.9. The fourth-order valence-corrected chi connectivity index (χ4v) is 1.37.